The van der Waals surface area contributed by atoms with Crippen molar-refractivity contribution in [1.82, 2.24) is 9.55 Å². The van der Waals surface area contributed by atoms with Crippen molar-refractivity contribution in [3.05, 3.63) is 139 Å². The molecule has 0 unspecified atom stereocenters. The molecular weight excluding hydrogens is 544 g/mol. The van der Waals surface area contributed by atoms with Crippen LogP contribution >= 0.6 is 0 Å². The number of imidazole rings is 1. The van der Waals surface area contributed by atoms with Crippen LogP contribution in [-0.4, -0.2) is 9.55 Å². The summed E-state index contributed by atoms with van der Waals surface area (Å²) in [4.78, 5) is 5.07. The van der Waals surface area contributed by atoms with Gasteiger partial charge in [-0.05, 0) is 96.4 Å². The molecule has 0 fully saturated rings. The molecule has 0 spiro atoms. The molecule has 8 aromatic rings. The molecule has 2 heteroatoms. The number of rotatable bonds is 4. The predicted molar refractivity (Wildman–Crippen MR) is 191 cm³/mol. The summed E-state index contributed by atoms with van der Waals surface area (Å²) in [5, 5.41) is 8.00. The number of aryl methyl sites for hydroxylation is 1. The van der Waals surface area contributed by atoms with E-state index in [4.69, 9.17) is 4.98 Å². The summed E-state index contributed by atoms with van der Waals surface area (Å²) in [6.07, 6.45) is 1.06. The summed E-state index contributed by atoms with van der Waals surface area (Å²) >= 11 is 0. The maximum Gasteiger partial charge on any atom is 0.141 e. The second kappa shape index (κ2) is 9.64. The van der Waals surface area contributed by atoms with Crippen molar-refractivity contribution in [2.45, 2.75) is 39.2 Å². The topological polar surface area (TPSA) is 17.8 Å². The molecule has 0 saturated heterocycles. The minimum Gasteiger partial charge on any atom is -0.324 e. The SMILES string of the molecule is CCCn1c(-c2cccc(-c3ccc4c5c(ccc4c3)-c3c(c4ccccc4c4ccccc34)C5(C)C)c2)nc2ccccc21. The minimum atomic E-state index is -0.131. The van der Waals surface area contributed by atoms with Gasteiger partial charge < -0.3 is 4.57 Å². The largest absolute Gasteiger partial charge is 0.324 e. The van der Waals surface area contributed by atoms with E-state index in [1.165, 1.54) is 71.2 Å². The van der Waals surface area contributed by atoms with Gasteiger partial charge in [-0.15, -0.1) is 0 Å². The van der Waals surface area contributed by atoms with Crippen molar-refractivity contribution >= 4 is 43.4 Å². The number of benzene rings is 7. The summed E-state index contributed by atoms with van der Waals surface area (Å²) in [5.74, 6) is 1.04. The smallest absolute Gasteiger partial charge is 0.141 e. The zero-order valence-corrected chi connectivity index (χ0v) is 25.9. The Labute approximate surface area is 263 Å². The van der Waals surface area contributed by atoms with Crippen molar-refractivity contribution in [3.8, 4) is 33.6 Å². The molecule has 216 valence electrons. The number of hydrogen-bond donors (Lipinski definition) is 0. The Morgan fingerprint density at radius 1 is 0.578 bits per heavy atom. The third-order valence-electron chi connectivity index (χ3n) is 10.0. The maximum atomic E-state index is 5.07. The number of hydrogen-bond acceptors (Lipinski definition) is 1. The van der Waals surface area contributed by atoms with Crippen molar-refractivity contribution < 1.29 is 0 Å². The van der Waals surface area contributed by atoms with Gasteiger partial charge in [0, 0.05) is 17.5 Å². The lowest BCUT2D eigenvalue weighted by atomic mass is 9.77. The first-order valence-electron chi connectivity index (χ1n) is 16.1. The average Bonchev–Trinajstić information content (AvgIpc) is 3.57. The minimum absolute atomic E-state index is 0.131. The van der Waals surface area contributed by atoms with Gasteiger partial charge in [0.2, 0.25) is 0 Å². The summed E-state index contributed by atoms with van der Waals surface area (Å²) in [7, 11) is 0. The van der Waals surface area contributed by atoms with Crippen LogP contribution in [0, 0.1) is 0 Å². The Morgan fingerprint density at radius 3 is 2.09 bits per heavy atom. The van der Waals surface area contributed by atoms with Crippen LogP contribution < -0.4 is 0 Å². The van der Waals surface area contributed by atoms with Crippen molar-refractivity contribution in [2.24, 2.45) is 0 Å². The second-order valence-corrected chi connectivity index (χ2v) is 13.0. The molecule has 0 atom stereocenters. The van der Waals surface area contributed by atoms with Crippen molar-refractivity contribution in [2.75, 3.05) is 0 Å². The third-order valence-corrected chi connectivity index (χ3v) is 10.0. The first-order valence-corrected chi connectivity index (χ1v) is 16.1. The van der Waals surface area contributed by atoms with Gasteiger partial charge in [0.05, 0.1) is 11.0 Å². The van der Waals surface area contributed by atoms with Gasteiger partial charge in [0.25, 0.3) is 0 Å². The molecule has 1 aliphatic carbocycles. The fraction of sp³-hybridized carbons (Fsp3) is 0.140. The zero-order chi connectivity index (χ0) is 30.3. The van der Waals surface area contributed by atoms with Gasteiger partial charge in [0.15, 0.2) is 0 Å². The van der Waals surface area contributed by atoms with Crippen molar-refractivity contribution in [3.63, 3.8) is 0 Å². The highest BCUT2D eigenvalue weighted by molar-refractivity contribution is 6.19. The van der Waals surface area contributed by atoms with E-state index in [2.05, 4.69) is 153 Å². The van der Waals surface area contributed by atoms with Crippen LogP contribution in [0.25, 0.3) is 77.0 Å². The molecule has 0 radical (unpaired) electrons. The molecule has 0 saturated carbocycles. The van der Waals surface area contributed by atoms with Crippen LogP contribution in [0.15, 0.2) is 127 Å². The Morgan fingerprint density at radius 2 is 1.27 bits per heavy atom. The molecule has 0 N–H and O–H groups in total. The Bertz CT molecular complexity index is 2480. The molecule has 7 aromatic carbocycles. The van der Waals surface area contributed by atoms with Crippen LogP contribution in [-0.2, 0) is 12.0 Å². The van der Waals surface area contributed by atoms with E-state index in [-0.39, 0.29) is 5.41 Å². The van der Waals surface area contributed by atoms with Gasteiger partial charge in [-0.3, -0.25) is 0 Å². The van der Waals surface area contributed by atoms with E-state index in [0.29, 0.717) is 0 Å². The number of aromatic nitrogens is 2. The standard InChI is InChI=1S/C43H34N2/c1-4-24-45-38-19-10-9-18-37(38)44-42(45)30-13-11-12-27(26-30)28-20-22-31-29(25-28)21-23-36-39-34-16-7-5-14-32(34)33-15-6-8-17-35(33)41(39)43(2,3)40(31)36/h5-23,25-26H,4,24H2,1-3H3. The Hall–Kier alpha value is -5.21. The van der Waals surface area contributed by atoms with Crippen LogP contribution in [0.4, 0.5) is 0 Å². The summed E-state index contributed by atoms with van der Waals surface area (Å²) in [6.45, 7) is 8.01. The van der Waals surface area contributed by atoms with Gasteiger partial charge in [0.1, 0.15) is 5.82 Å². The average molecular weight is 579 g/mol. The summed E-state index contributed by atoms with van der Waals surface area (Å²) in [5.41, 5.74) is 11.4. The first-order chi connectivity index (χ1) is 22.0. The number of fused-ring (bicyclic) bond motifs is 11. The molecule has 0 amide bonds. The molecule has 45 heavy (non-hydrogen) atoms. The Balaban J connectivity index is 1.21. The zero-order valence-electron chi connectivity index (χ0n) is 25.9. The normalized spacial score (nSPS) is 13.6. The van der Waals surface area contributed by atoms with Crippen LogP contribution in [0.5, 0.6) is 0 Å². The highest BCUT2D eigenvalue weighted by Gasteiger charge is 2.39. The Kier molecular flexibility index (Phi) is 5.62. The van der Waals surface area contributed by atoms with Crippen molar-refractivity contribution in [1.29, 1.82) is 0 Å². The van der Waals surface area contributed by atoms with E-state index in [0.717, 1.165) is 29.9 Å². The quantitative estimate of drug-likeness (QED) is 0.190. The molecule has 9 rings (SSSR count). The van der Waals surface area contributed by atoms with E-state index in [9.17, 15) is 0 Å². The first kappa shape index (κ1) is 26.2. The molecular formula is C43H34N2. The van der Waals surface area contributed by atoms with Crippen LogP contribution in [0.1, 0.15) is 38.3 Å². The highest BCUT2D eigenvalue weighted by atomic mass is 15.1. The van der Waals surface area contributed by atoms with E-state index < -0.39 is 0 Å². The van der Waals surface area contributed by atoms with E-state index in [1.807, 2.05) is 0 Å². The third kappa shape index (κ3) is 3.72. The number of para-hydroxylation sites is 2. The monoisotopic (exact) mass is 578 g/mol. The summed E-state index contributed by atoms with van der Waals surface area (Å²) < 4.78 is 2.37. The highest BCUT2D eigenvalue weighted by Crippen LogP contribution is 2.56. The predicted octanol–water partition coefficient (Wildman–Crippen LogP) is 11.5. The van der Waals surface area contributed by atoms with E-state index >= 15 is 0 Å². The van der Waals surface area contributed by atoms with Gasteiger partial charge in [-0.25, -0.2) is 4.98 Å². The molecule has 0 aliphatic heterocycles. The van der Waals surface area contributed by atoms with Crippen LogP contribution in [0.2, 0.25) is 0 Å². The fourth-order valence-corrected chi connectivity index (χ4v) is 8.17. The molecule has 2 nitrogen and oxygen atoms in total. The van der Waals surface area contributed by atoms with Gasteiger partial charge in [-0.2, -0.15) is 0 Å². The maximum absolute atomic E-state index is 5.07. The lowest BCUT2D eigenvalue weighted by molar-refractivity contribution is 0.672. The molecule has 1 aliphatic rings. The van der Waals surface area contributed by atoms with Crippen LogP contribution in [0.3, 0.4) is 0 Å². The lowest BCUT2D eigenvalue weighted by Crippen LogP contribution is -2.16. The summed E-state index contributed by atoms with van der Waals surface area (Å²) in [6, 6.07) is 47.0. The number of nitrogens with zero attached hydrogens (tertiary/aromatic N) is 2. The molecule has 0 bridgehead atoms. The molecule has 1 heterocycles. The van der Waals surface area contributed by atoms with Gasteiger partial charge >= 0.3 is 0 Å². The molecule has 1 aromatic heterocycles. The van der Waals surface area contributed by atoms with Gasteiger partial charge in [-0.1, -0.05) is 124 Å². The van der Waals surface area contributed by atoms with E-state index in [1.54, 1.807) is 0 Å². The second-order valence-electron chi connectivity index (χ2n) is 13.0. The fourth-order valence-electron chi connectivity index (χ4n) is 8.17. The lowest BCUT2D eigenvalue weighted by Gasteiger charge is -2.25.